The summed E-state index contributed by atoms with van der Waals surface area (Å²) in [5.41, 5.74) is -0.160. The number of hydrogen-bond donors (Lipinski definition) is 2. The van der Waals surface area contributed by atoms with Gasteiger partial charge in [0.2, 0.25) is 5.91 Å². The molecule has 1 rings (SSSR count). The van der Waals surface area contributed by atoms with E-state index in [0.717, 1.165) is 25.7 Å². The van der Waals surface area contributed by atoms with E-state index >= 15 is 0 Å². The monoisotopic (exact) mass is 213 g/mol. The fourth-order valence-electron chi connectivity index (χ4n) is 2.35. The van der Waals surface area contributed by atoms with E-state index in [1.54, 1.807) is 6.92 Å². The van der Waals surface area contributed by atoms with Crippen LogP contribution in [0.2, 0.25) is 0 Å². The fraction of sp³-hybridized carbons (Fsp3) is 0.917. The summed E-state index contributed by atoms with van der Waals surface area (Å²) in [4.78, 5) is 12.0. The molecule has 0 aromatic carbocycles. The minimum Gasteiger partial charge on any atom is -0.393 e. The average Bonchev–Trinajstić information content (AvgIpc) is 2.51. The number of rotatable bonds is 4. The molecule has 1 aliphatic carbocycles. The Balaban J connectivity index is 2.40. The van der Waals surface area contributed by atoms with E-state index in [-0.39, 0.29) is 23.5 Å². The van der Waals surface area contributed by atoms with E-state index in [4.69, 9.17) is 0 Å². The highest BCUT2D eigenvalue weighted by Gasteiger charge is 2.36. The van der Waals surface area contributed by atoms with Crippen molar-refractivity contribution in [2.45, 2.75) is 65.0 Å². The third kappa shape index (κ3) is 3.49. The van der Waals surface area contributed by atoms with Crippen LogP contribution < -0.4 is 5.32 Å². The average molecular weight is 213 g/mol. The summed E-state index contributed by atoms with van der Waals surface area (Å²) in [5, 5.41) is 12.2. The molecule has 0 aromatic heterocycles. The van der Waals surface area contributed by atoms with Crippen LogP contribution in [0.25, 0.3) is 0 Å². The molecule has 0 radical (unpaired) electrons. The quantitative estimate of drug-likeness (QED) is 0.748. The van der Waals surface area contributed by atoms with Crippen molar-refractivity contribution >= 4 is 5.91 Å². The summed E-state index contributed by atoms with van der Waals surface area (Å²) in [5.74, 6) is 0.160. The summed E-state index contributed by atoms with van der Waals surface area (Å²) in [6.07, 6.45) is 4.60. The van der Waals surface area contributed by atoms with Gasteiger partial charge < -0.3 is 10.4 Å². The summed E-state index contributed by atoms with van der Waals surface area (Å²) in [6, 6.07) is 0.0647. The van der Waals surface area contributed by atoms with Gasteiger partial charge in [-0.3, -0.25) is 4.79 Å². The topological polar surface area (TPSA) is 49.3 Å². The normalized spacial score (nSPS) is 23.5. The molecule has 15 heavy (non-hydrogen) atoms. The van der Waals surface area contributed by atoms with E-state index < -0.39 is 0 Å². The molecule has 0 saturated heterocycles. The summed E-state index contributed by atoms with van der Waals surface area (Å²) in [6.45, 7) is 5.74. The molecular weight excluding hydrogens is 190 g/mol. The maximum Gasteiger partial charge on any atom is 0.226 e. The van der Waals surface area contributed by atoms with E-state index in [9.17, 15) is 9.90 Å². The van der Waals surface area contributed by atoms with Gasteiger partial charge in [-0.15, -0.1) is 0 Å². The summed E-state index contributed by atoms with van der Waals surface area (Å²) in [7, 11) is 0. The van der Waals surface area contributed by atoms with Gasteiger partial charge in [0.15, 0.2) is 0 Å². The minimum absolute atomic E-state index is 0.0647. The van der Waals surface area contributed by atoms with Crippen LogP contribution in [-0.2, 0) is 4.79 Å². The second kappa shape index (κ2) is 4.97. The molecule has 88 valence electrons. The van der Waals surface area contributed by atoms with Crippen molar-refractivity contribution in [2.75, 3.05) is 0 Å². The lowest BCUT2D eigenvalue weighted by Gasteiger charge is -2.25. The van der Waals surface area contributed by atoms with Crippen LogP contribution >= 0.6 is 0 Å². The van der Waals surface area contributed by atoms with Gasteiger partial charge in [0, 0.05) is 11.5 Å². The van der Waals surface area contributed by atoms with Gasteiger partial charge in [0.05, 0.1) is 6.10 Å². The maximum atomic E-state index is 12.0. The molecular formula is C12H23NO2. The van der Waals surface area contributed by atoms with Gasteiger partial charge in [0.25, 0.3) is 0 Å². The molecule has 1 aliphatic rings. The van der Waals surface area contributed by atoms with Gasteiger partial charge in [-0.05, 0) is 33.1 Å². The van der Waals surface area contributed by atoms with E-state index in [1.807, 2.05) is 13.8 Å². The highest BCUT2D eigenvalue weighted by atomic mass is 16.3. The summed E-state index contributed by atoms with van der Waals surface area (Å²) < 4.78 is 0. The lowest BCUT2D eigenvalue weighted by atomic mass is 9.87. The molecule has 0 aromatic rings. The Morgan fingerprint density at radius 1 is 1.40 bits per heavy atom. The van der Waals surface area contributed by atoms with Crippen molar-refractivity contribution in [1.29, 1.82) is 0 Å². The molecule has 2 unspecified atom stereocenters. The van der Waals surface area contributed by atoms with Crippen LogP contribution in [0, 0.1) is 5.41 Å². The van der Waals surface area contributed by atoms with Crippen LogP contribution in [0.3, 0.4) is 0 Å². The number of carbonyl (C=O) groups is 1. The van der Waals surface area contributed by atoms with E-state index in [0.29, 0.717) is 6.42 Å². The zero-order valence-corrected chi connectivity index (χ0v) is 10.0. The molecule has 1 saturated carbocycles. The number of nitrogens with one attached hydrogen (secondary N) is 1. The van der Waals surface area contributed by atoms with Crippen LogP contribution in [0.5, 0.6) is 0 Å². The molecule has 0 heterocycles. The minimum atomic E-state index is -0.350. The van der Waals surface area contributed by atoms with Gasteiger partial charge >= 0.3 is 0 Å². The smallest absolute Gasteiger partial charge is 0.226 e. The Hall–Kier alpha value is -0.570. The van der Waals surface area contributed by atoms with Gasteiger partial charge in [0.1, 0.15) is 0 Å². The standard InChI is InChI=1S/C12H23NO2/c1-9(8-10(2)14)13-11(15)12(3)6-4-5-7-12/h9-10,14H,4-8H2,1-3H3,(H,13,15). The van der Waals surface area contributed by atoms with E-state index in [1.165, 1.54) is 0 Å². The SMILES string of the molecule is CC(O)CC(C)NC(=O)C1(C)CCCC1. The number of aliphatic hydroxyl groups excluding tert-OH is 1. The van der Waals surface area contributed by atoms with Crippen molar-refractivity contribution in [3.8, 4) is 0 Å². The number of hydrogen-bond acceptors (Lipinski definition) is 2. The zero-order chi connectivity index (χ0) is 11.5. The van der Waals surface area contributed by atoms with Gasteiger partial charge in [-0.2, -0.15) is 0 Å². The Bertz CT molecular complexity index is 220. The third-order valence-corrected chi connectivity index (χ3v) is 3.33. The van der Waals surface area contributed by atoms with Gasteiger partial charge in [-0.1, -0.05) is 19.8 Å². The third-order valence-electron chi connectivity index (χ3n) is 3.33. The van der Waals surface area contributed by atoms with Crippen molar-refractivity contribution < 1.29 is 9.90 Å². The van der Waals surface area contributed by atoms with Crippen molar-refractivity contribution in [1.82, 2.24) is 5.32 Å². The Labute approximate surface area is 92.3 Å². The lowest BCUT2D eigenvalue weighted by molar-refractivity contribution is -0.130. The van der Waals surface area contributed by atoms with Crippen LogP contribution in [0.15, 0.2) is 0 Å². The molecule has 2 N–H and O–H groups in total. The number of aliphatic hydroxyl groups is 1. The highest BCUT2D eigenvalue weighted by molar-refractivity contribution is 5.82. The molecule has 3 nitrogen and oxygen atoms in total. The van der Waals surface area contributed by atoms with Crippen LogP contribution in [0.1, 0.15) is 52.9 Å². The second-order valence-corrected chi connectivity index (χ2v) is 5.23. The largest absolute Gasteiger partial charge is 0.393 e. The first kappa shape index (κ1) is 12.5. The Kier molecular flexibility index (Phi) is 4.14. The first-order valence-electron chi connectivity index (χ1n) is 5.93. The van der Waals surface area contributed by atoms with E-state index in [2.05, 4.69) is 5.32 Å². The molecule has 0 aliphatic heterocycles. The second-order valence-electron chi connectivity index (χ2n) is 5.23. The molecule has 0 bridgehead atoms. The molecule has 1 fully saturated rings. The first-order chi connectivity index (χ1) is 6.94. The van der Waals surface area contributed by atoms with Crippen LogP contribution in [-0.4, -0.2) is 23.2 Å². The number of amides is 1. The van der Waals surface area contributed by atoms with Crippen LogP contribution in [0.4, 0.5) is 0 Å². The maximum absolute atomic E-state index is 12.0. The molecule has 2 atom stereocenters. The number of carbonyl (C=O) groups excluding carboxylic acids is 1. The highest BCUT2D eigenvalue weighted by Crippen LogP contribution is 2.37. The van der Waals surface area contributed by atoms with Crippen molar-refractivity contribution in [2.24, 2.45) is 5.41 Å². The molecule has 1 amide bonds. The van der Waals surface area contributed by atoms with Gasteiger partial charge in [-0.25, -0.2) is 0 Å². The predicted molar refractivity (Wildman–Crippen MR) is 60.5 cm³/mol. The first-order valence-corrected chi connectivity index (χ1v) is 5.93. The lowest BCUT2D eigenvalue weighted by Crippen LogP contribution is -2.42. The zero-order valence-electron chi connectivity index (χ0n) is 10.0. The fourth-order valence-corrected chi connectivity index (χ4v) is 2.35. The van der Waals surface area contributed by atoms with Crippen molar-refractivity contribution in [3.63, 3.8) is 0 Å². The molecule has 0 spiro atoms. The Morgan fingerprint density at radius 2 is 1.93 bits per heavy atom. The predicted octanol–water partition coefficient (Wildman–Crippen LogP) is 1.84. The Morgan fingerprint density at radius 3 is 2.40 bits per heavy atom. The molecule has 3 heteroatoms. The van der Waals surface area contributed by atoms with Crippen molar-refractivity contribution in [3.05, 3.63) is 0 Å². The summed E-state index contributed by atoms with van der Waals surface area (Å²) >= 11 is 0.